The summed E-state index contributed by atoms with van der Waals surface area (Å²) in [6.45, 7) is 1.87. The first-order chi connectivity index (χ1) is 5.11. The van der Waals surface area contributed by atoms with Crippen molar-refractivity contribution in [3.05, 3.63) is 15.8 Å². The van der Waals surface area contributed by atoms with Crippen molar-refractivity contribution >= 4 is 23.0 Å². The van der Waals surface area contributed by atoms with Crippen molar-refractivity contribution in [1.29, 1.82) is 0 Å². The van der Waals surface area contributed by atoms with Crippen molar-refractivity contribution in [2.75, 3.05) is 5.73 Å². The Morgan fingerprint density at radius 3 is 2.82 bits per heavy atom. The Hall–Kier alpha value is -1.03. The first kappa shape index (κ1) is 8.07. The van der Waals surface area contributed by atoms with Crippen LogP contribution in [0.4, 0.5) is 5.69 Å². The molecular formula is C7H9NO2S. The predicted octanol–water partition coefficient (Wildman–Crippen LogP) is 1.27. The molecule has 0 amide bonds. The van der Waals surface area contributed by atoms with E-state index in [1.54, 1.807) is 0 Å². The minimum Gasteiger partial charge on any atom is -0.481 e. The molecule has 1 aromatic rings. The number of carbonyl (C=O) groups is 1. The van der Waals surface area contributed by atoms with E-state index >= 15 is 0 Å². The lowest BCUT2D eigenvalue weighted by Gasteiger charge is -1.94. The molecule has 3 nitrogen and oxygen atoms in total. The molecule has 0 atom stereocenters. The number of aryl methyl sites for hydroxylation is 1. The summed E-state index contributed by atoms with van der Waals surface area (Å²) in [6, 6.07) is 0. The van der Waals surface area contributed by atoms with Gasteiger partial charge in [0.15, 0.2) is 0 Å². The Morgan fingerprint density at radius 1 is 1.82 bits per heavy atom. The topological polar surface area (TPSA) is 63.3 Å². The maximum absolute atomic E-state index is 10.3. The van der Waals surface area contributed by atoms with Crippen LogP contribution in [0.25, 0.3) is 0 Å². The molecule has 0 saturated heterocycles. The van der Waals surface area contributed by atoms with Crippen molar-refractivity contribution < 1.29 is 9.90 Å². The monoisotopic (exact) mass is 171 g/mol. The van der Waals surface area contributed by atoms with Crippen LogP contribution in [-0.2, 0) is 11.2 Å². The van der Waals surface area contributed by atoms with Crippen LogP contribution in [0.5, 0.6) is 0 Å². The average Bonchev–Trinajstić information content (AvgIpc) is 2.18. The number of aliphatic carboxylic acids is 1. The van der Waals surface area contributed by atoms with Gasteiger partial charge in [0.1, 0.15) is 0 Å². The molecule has 0 aliphatic heterocycles. The number of carboxylic acid groups (broad SMARTS) is 1. The molecule has 1 heterocycles. The van der Waals surface area contributed by atoms with E-state index in [2.05, 4.69) is 0 Å². The summed E-state index contributed by atoms with van der Waals surface area (Å²) in [5.41, 5.74) is 7.18. The molecule has 0 unspecified atom stereocenters. The molecule has 11 heavy (non-hydrogen) atoms. The lowest BCUT2D eigenvalue weighted by molar-refractivity contribution is -0.136. The van der Waals surface area contributed by atoms with Crippen LogP contribution in [-0.4, -0.2) is 11.1 Å². The minimum absolute atomic E-state index is 0.0321. The largest absolute Gasteiger partial charge is 0.481 e. The highest BCUT2D eigenvalue weighted by molar-refractivity contribution is 7.10. The molecule has 4 heteroatoms. The highest BCUT2D eigenvalue weighted by atomic mass is 32.1. The molecular weight excluding hydrogens is 162 g/mol. The number of nitrogen functional groups attached to an aromatic ring is 1. The molecule has 0 radical (unpaired) electrons. The molecule has 0 aliphatic rings. The van der Waals surface area contributed by atoms with Gasteiger partial charge in [-0.15, -0.1) is 11.3 Å². The SMILES string of the molecule is Cc1csc(CC(=O)O)c1N. The smallest absolute Gasteiger partial charge is 0.308 e. The molecule has 3 N–H and O–H groups in total. The third-order valence-electron chi connectivity index (χ3n) is 1.41. The number of anilines is 1. The second-order valence-corrected chi connectivity index (χ2v) is 3.29. The van der Waals surface area contributed by atoms with E-state index in [1.807, 2.05) is 12.3 Å². The van der Waals surface area contributed by atoms with Gasteiger partial charge in [-0.25, -0.2) is 0 Å². The van der Waals surface area contributed by atoms with Crippen LogP contribution in [0, 0.1) is 6.92 Å². The van der Waals surface area contributed by atoms with Crippen molar-refractivity contribution in [2.24, 2.45) is 0 Å². The van der Waals surface area contributed by atoms with Crippen molar-refractivity contribution in [1.82, 2.24) is 0 Å². The normalized spacial score (nSPS) is 9.91. The first-order valence-electron chi connectivity index (χ1n) is 3.15. The second kappa shape index (κ2) is 2.92. The highest BCUT2D eigenvalue weighted by Gasteiger charge is 2.07. The zero-order valence-electron chi connectivity index (χ0n) is 6.13. The molecule has 1 rings (SSSR count). The third kappa shape index (κ3) is 1.71. The Bertz CT molecular complexity index is 280. The molecule has 0 bridgehead atoms. The van der Waals surface area contributed by atoms with Gasteiger partial charge < -0.3 is 10.8 Å². The first-order valence-corrected chi connectivity index (χ1v) is 4.03. The summed E-state index contributed by atoms with van der Waals surface area (Å²) in [5.74, 6) is -0.835. The fourth-order valence-corrected chi connectivity index (χ4v) is 1.72. The van der Waals surface area contributed by atoms with Gasteiger partial charge >= 0.3 is 5.97 Å². The van der Waals surface area contributed by atoms with Gasteiger partial charge in [0.05, 0.1) is 6.42 Å². The minimum atomic E-state index is -0.835. The molecule has 0 aliphatic carbocycles. The molecule has 0 fully saturated rings. The van der Waals surface area contributed by atoms with Crippen molar-refractivity contribution in [3.8, 4) is 0 Å². The summed E-state index contributed by atoms with van der Waals surface area (Å²) in [4.78, 5) is 11.0. The zero-order valence-corrected chi connectivity index (χ0v) is 6.94. The fraction of sp³-hybridized carbons (Fsp3) is 0.286. The summed E-state index contributed by atoms with van der Waals surface area (Å²) in [7, 11) is 0. The van der Waals surface area contributed by atoms with Crippen molar-refractivity contribution in [3.63, 3.8) is 0 Å². The van der Waals surface area contributed by atoms with Crippen LogP contribution in [0.1, 0.15) is 10.4 Å². The number of rotatable bonds is 2. The third-order valence-corrected chi connectivity index (χ3v) is 2.54. The highest BCUT2D eigenvalue weighted by Crippen LogP contribution is 2.24. The summed E-state index contributed by atoms with van der Waals surface area (Å²) in [6.07, 6.45) is 0.0321. The molecule has 0 aromatic carbocycles. The van der Waals surface area contributed by atoms with Crippen LogP contribution >= 0.6 is 11.3 Å². The van der Waals surface area contributed by atoms with Gasteiger partial charge in [-0.1, -0.05) is 0 Å². The van der Waals surface area contributed by atoms with E-state index in [0.717, 1.165) is 10.4 Å². The summed E-state index contributed by atoms with van der Waals surface area (Å²) in [5, 5.41) is 10.3. The molecule has 0 spiro atoms. The Kier molecular flexibility index (Phi) is 2.14. The molecule has 60 valence electrons. The standard InChI is InChI=1S/C7H9NO2S/c1-4-3-11-5(7(4)8)2-6(9)10/h3H,2,8H2,1H3,(H,9,10). The number of hydrogen-bond acceptors (Lipinski definition) is 3. The van der Waals surface area contributed by atoms with Crippen LogP contribution in [0.2, 0.25) is 0 Å². The van der Waals surface area contributed by atoms with E-state index in [9.17, 15) is 4.79 Å². The van der Waals surface area contributed by atoms with Crippen LogP contribution < -0.4 is 5.73 Å². The summed E-state index contributed by atoms with van der Waals surface area (Å²) < 4.78 is 0. The number of thiophene rings is 1. The van der Waals surface area contributed by atoms with E-state index in [-0.39, 0.29) is 6.42 Å². The summed E-state index contributed by atoms with van der Waals surface area (Å²) >= 11 is 1.40. The zero-order chi connectivity index (χ0) is 8.43. The number of carboxylic acids is 1. The average molecular weight is 171 g/mol. The van der Waals surface area contributed by atoms with Gasteiger partial charge in [-0.3, -0.25) is 4.79 Å². The molecule has 1 aromatic heterocycles. The Labute approximate surface area is 68.5 Å². The lowest BCUT2D eigenvalue weighted by Crippen LogP contribution is -2.00. The van der Waals surface area contributed by atoms with Gasteiger partial charge in [-0.05, 0) is 17.9 Å². The van der Waals surface area contributed by atoms with Crippen molar-refractivity contribution in [2.45, 2.75) is 13.3 Å². The second-order valence-electron chi connectivity index (χ2n) is 2.33. The number of nitrogens with two attached hydrogens (primary N) is 1. The van der Waals surface area contributed by atoms with Gasteiger partial charge in [0, 0.05) is 10.6 Å². The van der Waals surface area contributed by atoms with Crippen LogP contribution in [0.15, 0.2) is 5.38 Å². The van der Waals surface area contributed by atoms with Gasteiger partial charge in [0.25, 0.3) is 0 Å². The van der Waals surface area contributed by atoms with E-state index in [1.165, 1.54) is 11.3 Å². The molecule has 0 saturated carbocycles. The lowest BCUT2D eigenvalue weighted by atomic mass is 10.2. The van der Waals surface area contributed by atoms with E-state index in [0.29, 0.717) is 5.69 Å². The fourth-order valence-electron chi connectivity index (χ4n) is 0.781. The van der Waals surface area contributed by atoms with E-state index in [4.69, 9.17) is 10.8 Å². The Morgan fingerprint density at radius 2 is 2.45 bits per heavy atom. The van der Waals surface area contributed by atoms with Crippen LogP contribution in [0.3, 0.4) is 0 Å². The van der Waals surface area contributed by atoms with Gasteiger partial charge in [-0.2, -0.15) is 0 Å². The maximum atomic E-state index is 10.3. The van der Waals surface area contributed by atoms with E-state index < -0.39 is 5.97 Å². The predicted molar refractivity (Wildman–Crippen MR) is 44.8 cm³/mol. The number of hydrogen-bond donors (Lipinski definition) is 2. The quantitative estimate of drug-likeness (QED) is 0.704. The Balaban J connectivity index is 2.87. The van der Waals surface area contributed by atoms with Gasteiger partial charge in [0.2, 0.25) is 0 Å². The maximum Gasteiger partial charge on any atom is 0.308 e.